The van der Waals surface area contributed by atoms with E-state index >= 15 is 0 Å². The van der Waals surface area contributed by atoms with Crippen LogP contribution in [0.2, 0.25) is 0 Å². The van der Waals surface area contributed by atoms with E-state index in [4.69, 9.17) is 4.74 Å². The van der Waals surface area contributed by atoms with Gasteiger partial charge in [0.15, 0.2) is 0 Å². The maximum atomic E-state index is 6.32. The fourth-order valence-electron chi connectivity index (χ4n) is 3.74. The lowest BCUT2D eigenvalue weighted by atomic mass is 10.1. The standard InChI is InChI=1S/C29H30NOP/c1-22-14-17-28(26(18-22)30(2)3)32-29-20-25(19-23-10-6-4-7-11-23)15-16-27(29)31-21-24-12-8-5-9-13-24/h4-18,20,32H,19,21H2,1-3H3. The van der Waals surface area contributed by atoms with Crippen LogP contribution < -0.4 is 20.2 Å². The molecule has 0 aliphatic heterocycles. The molecule has 0 aromatic heterocycles. The summed E-state index contributed by atoms with van der Waals surface area (Å²) >= 11 is 0. The van der Waals surface area contributed by atoms with Crippen LogP contribution in [-0.4, -0.2) is 14.1 Å². The summed E-state index contributed by atoms with van der Waals surface area (Å²) in [6, 6.07) is 34.4. The molecule has 3 heteroatoms. The number of ether oxygens (including phenoxy) is 1. The number of hydrogen-bond acceptors (Lipinski definition) is 2. The van der Waals surface area contributed by atoms with Gasteiger partial charge in [-0.15, -0.1) is 0 Å². The van der Waals surface area contributed by atoms with E-state index in [1.54, 1.807) is 0 Å². The molecule has 0 heterocycles. The van der Waals surface area contributed by atoms with Gasteiger partial charge in [-0.2, -0.15) is 0 Å². The van der Waals surface area contributed by atoms with Crippen molar-refractivity contribution >= 4 is 24.9 Å². The van der Waals surface area contributed by atoms with E-state index in [0.29, 0.717) is 15.2 Å². The lowest BCUT2D eigenvalue weighted by Crippen LogP contribution is -2.19. The zero-order valence-corrected chi connectivity index (χ0v) is 20.0. The monoisotopic (exact) mass is 439 g/mol. The van der Waals surface area contributed by atoms with Gasteiger partial charge in [-0.3, -0.25) is 0 Å². The topological polar surface area (TPSA) is 12.5 Å². The summed E-state index contributed by atoms with van der Waals surface area (Å²) in [6.07, 6.45) is 0.922. The fraction of sp³-hybridized carbons (Fsp3) is 0.172. The van der Waals surface area contributed by atoms with Crippen molar-refractivity contribution in [2.75, 3.05) is 19.0 Å². The number of benzene rings is 4. The molecule has 32 heavy (non-hydrogen) atoms. The molecule has 0 fully saturated rings. The maximum Gasteiger partial charge on any atom is 0.127 e. The van der Waals surface area contributed by atoms with Crippen LogP contribution in [0.4, 0.5) is 5.69 Å². The molecule has 0 aliphatic rings. The molecule has 0 N–H and O–H groups in total. The molecule has 0 bridgehead atoms. The minimum Gasteiger partial charge on any atom is -0.488 e. The molecule has 0 amide bonds. The van der Waals surface area contributed by atoms with Gasteiger partial charge in [-0.25, -0.2) is 0 Å². The van der Waals surface area contributed by atoms with E-state index in [9.17, 15) is 0 Å². The average molecular weight is 440 g/mol. The van der Waals surface area contributed by atoms with Crippen LogP contribution in [0.3, 0.4) is 0 Å². The lowest BCUT2D eigenvalue weighted by molar-refractivity contribution is 0.309. The fourth-order valence-corrected chi connectivity index (χ4v) is 5.16. The van der Waals surface area contributed by atoms with Crippen LogP contribution in [-0.2, 0) is 13.0 Å². The Morgan fingerprint density at radius 2 is 1.38 bits per heavy atom. The van der Waals surface area contributed by atoms with Gasteiger partial charge in [0.1, 0.15) is 12.4 Å². The molecule has 0 spiro atoms. The zero-order valence-electron chi connectivity index (χ0n) is 19.0. The van der Waals surface area contributed by atoms with Gasteiger partial charge < -0.3 is 9.64 Å². The number of hydrogen-bond donors (Lipinski definition) is 0. The highest BCUT2D eigenvalue weighted by Crippen LogP contribution is 2.27. The highest BCUT2D eigenvalue weighted by Gasteiger charge is 2.12. The average Bonchev–Trinajstić information content (AvgIpc) is 2.81. The van der Waals surface area contributed by atoms with Crippen LogP contribution >= 0.6 is 8.58 Å². The molecule has 162 valence electrons. The molecule has 0 saturated heterocycles. The normalized spacial score (nSPS) is 11.1. The minimum absolute atomic E-state index is 0.521. The predicted octanol–water partition coefficient (Wildman–Crippen LogP) is 5.86. The largest absolute Gasteiger partial charge is 0.488 e. The van der Waals surface area contributed by atoms with Crippen molar-refractivity contribution in [1.82, 2.24) is 0 Å². The Bertz CT molecular complexity index is 1160. The first-order chi connectivity index (χ1) is 15.6. The van der Waals surface area contributed by atoms with Crippen LogP contribution in [0.1, 0.15) is 22.3 Å². The van der Waals surface area contributed by atoms with Gasteiger partial charge in [0, 0.05) is 30.4 Å². The Hall–Kier alpha value is -3.09. The van der Waals surface area contributed by atoms with E-state index in [0.717, 1.165) is 12.2 Å². The van der Waals surface area contributed by atoms with E-state index in [1.807, 2.05) is 6.07 Å². The Morgan fingerprint density at radius 1 is 0.688 bits per heavy atom. The second-order valence-electron chi connectivity index (χ2n) is 8.31. The lowest BCUT2D eigenvalue weighted by Gasteiger charge is -2.20. The Kier molecular flexibility index (Phi) is 7.24. The maximum absolute atomic E-state index is 6.32. The van der Waals surface area contributed by atoms with Crippen LogP contribution in [0.5, 0.6) is 5.75 Å². The minimum atomic E-state index is 0.521. The van der Waals surface area contributed by atoms with Crippen LogP contribution in [0.25, 0.3) is 0 Å². The molecule has 2 nitrogen and oxygen atoms in total. The summed E-state index contributed by atoms with van der Waals surface area (Å²) in [5, 5.41) is 2.59. The van der Waals surface area contributed by atoms with E-state index < -0.39 is 0 Å². The SMILES string of the molecule is Cc1ccc(Pc2cc(Cc3ccccc3)ccc2OCc2ccccc2)c(N(C)C)c1. The molecule has 1 unspecified atom stereocenters. The van der Waals surface area contributed by atoms with Crippen molar-refractivity contribution in [2.45, 2.75) is 20.0 Å². The van der Waals surface area contributed by atoms with E-state index in [1.165, 1.54) is 38.6 Å². The van der Waals surface area contributed by atoms with E-state index in [2.05, 4.69) is 117 Å². The molecular formula is C29H30NOP. The Balaban J connectivity index is 1.65. The first kappa shape index (κ1) is 22.1. The highest BCUT2D eigenvalue weighted by atomic mass is 31.1. The van der Waals surface area contributed by atoms with Crippen molar-refractivity contribution in [2.24, 2.45) is 0 Å². The molecule has 4 rings (SSSR count). The molecule has 4 aromatic rings. The summed E-state index contributed by atoms with van der Waals surface area (Å²) in [5.74, 6) is 0.967. The molecular weight excluding hydrogens is 409 g/mol. The third-order valence-corrected chi connectivity index (χ3v) is 6.79. The number of anilines is 1. The summed E-state index contributed by atoms with van der Waals surface area (Å²) in [7, 11) is 4.75. The summed E-state index contributed by atoms with van der Waals surface area (Å²) < 4.78 is 6.32. The first-order valence-corrected chi connectivity index (χ1v) is 12.0. The molecule has 0 aliphatic carbocycles. The predicted molar refractivity (Wildman–Crippen MR) is 140 cm³/mol. The smallest absolute Gasteiger partial charge is 0.127 e. The summed E-state index contributed by atoms with van der Waals surface area (Å²) in [6.45, 7) is 2.72. The quantitative estimate of drug-likeness (QED) is 0.319. The van der Waals surface area contributed by atoms with Crippen molar-refractivity contribution < 1.29 is 4.74 Å². The number of aryl methyl sites for hydroxylation is 1. The summed E-state index contributed by atoms with van der Waals surface area (Å²) in [4.78, 5) is 2.20. The molecule has 0 saturated carbocycles. The van der Waals surface area contributed by atoms with Gasteiger partial charge in [0.05, 0.1) is 0 Å². The second kappa shape index (κ2) is 10.5. The Morgan fingerprint density at radius 3 is 2.06 bits per heavy atom. The van der Waals surface area contributed by atoms with Crippen LogP contribution in [0, 0.1) is 6.92 Å². The van der Waals surface area contributed by atoms with Crippen molar-refractivity contribution in [3.63, 3.8) is 0 Å². The van der Waals surface area contributed by atoms with Crippen LogP contribution in [0.15, 0.2) is 97.1 Å². The van der Waals surface area contributed by atoms with Gasteiger partial charge in [-0.05, 0) is 53.8 Å². The van der Waals surface area contributed by atoms with Crippen molar-refractivity contribution in [3.05, 3.63) is 119 Å². The molecule has 1 atom stereocenters. The van der Waals surface area contributed by atoms with Crippen molar-refractivity contribution in [1.29, 1.82) is 0 Å². The van der Waals surface area contributed by atoms with Gasteiger partial charge >= 0.3 is 0 Å². The second-order valence-corrected chi connectivity index (χ2v) is 9.63. The van der Waals surface area contributed by atoms with Crippen molar-refractivity contribution in [3.8, 4) is 5.75 Å². The van der Waals surface area contributed by atoms with Gasteiger partial charge in [0.25, 0.3) is 0 Å². The summed E-state index contributed by atoms with van der Waals surface area (Å²) in [5.41, 5.74) is 6.36. The van der Waals surface area contributed by atoms with Gasteiger partial charge in [0.2, 0.25) is 0 Å². The number of nitrogens with zero attached hydrogens (tertiary/aromatic N) is 1. The number of rotatable bonds is 8. The first-order valence-electron chi connectivity index (χ1n) is 11.0. The third kappa shape index (κ3) is 5.78. The third-order valence-electron chi connectivity index (χ3n) is 5.44. The van der Waals surface area contributed by atoms with E-state index in [-0.39, 0.29) is 0 Å². The Labute approximate surface area is 193 Å². The molecule has 4 aromatic carbocycles. The van der Waals surface area contributed by atoms with Gasteiger partial charge in [-0.1, -0.05) is 87.4 Å². The highest BCUT2D eigenvalue weighted by molar-refractivity contribution is 7.56. The zero-order chi connectivity index (χ0) is 22.3. The molecule has 0 radical (unpaired) electrons.